The molecular weight excluding hydrogens is 266 g/mol. The molecule has 2 rings (SSSR count). The minimum Gasteiger partial charge on any atom is -0.395 e. The van der Waals surface area contributed by atoms with Crippen molar-refractivity contribution >= 4 is 6.03 Å². The van der Waals surface area contributed by atoms with E-state index in [4.69, 9.17) is 5.11 Å². The first-order valence-electron chi connectivity index (χ1n) is 7.82. The van der Waals surface area contributed by atoms with E-state index in [1.54, 1.807) is 17.3 Å². The van der Waals surface area contributed by atoms with Gasteiger partial charge in [0.15, 0.2) is 0 Å². The number of rotatable bonds is 7. The Kier molecular flexibility index (Phi) is 6.47. The van der Waals surface area contributed by atoms with Crippen molar-refractivity contribution in [2.75, 3.05) is 19.7 Å². The molecule has 1 aliphatic carbocycles. The first kappa shape index (κ1) is 15.8. The van der Waals surface area contributed by atoms with Crippen molar-refractivity contribution in [3.05, 3.63) is 30.1 Å². The van der Waals surface area contributed by atoms with E-state index < -0.39 is 0 Å². The quantitative estimate of drug-likeness (QED) is 0.809. The van der Waals surface area contributed by atoms with Crippen LogP contribution in [0.4, 0.5) is 4.79 Å². The van der Waals surface area contributed by atoms with Gasteiger partial charge >= 0.3 is 6.03 Å². The minimum atomic E-state index is -0.0983. The summed E-state index contributed by atoms with van der Waals surface area (Å²) >= 11 is 0. The van der Waals surface area contributed by atoms with Crippen molar-refractivity contribution in [1.82, 2.24) is 15.2 Å². The number of amides is 2. The van der Waals surface area contributed by atoms with Crippen molar-refractivity contribution in [1.29, 1.82) is 0 Å². The number of aromatic nitrogens is 1. The highest BCUT2D eigenvalue weighted by atomic mass is 16.3. The van der Waals surface area contributed by atoms with Gasteiger partial charge in [0.05, 0.1) is 6.61 Å². The molecule has 0 radical (unpaired) electrons. The Morgan fingerprint density at radius 1 is 1.29 bits per heavy atom. The van der Waals surface area contributed by atoms with Gasteiger partial charge in [-0.15, -0.1) is 0 Å². The maximum Gasteiger partial charge on any atom is 0.317 e. The molecular formula is C16H25N3O2. The van der Waals surface area contributed by atoms with Crippen molar-refractivity contribution in [2.45, 2.75) is 38.6 Å². The largest absolute Gasteiger partial charge is 0.395 e. The zero-order valence-corrected chi connectivity index (χ0v) is 12.5. The Morgan fingerprint density at radius 3 is 2.67 bits per heavy atom. The molecule has 1 saturated carbocycles. The van der Waals surface area contributed by atoms with E-state index in [1.807, 2.05) is 12.1 Å². The zero-order chi connectivity index (χ0) is 14.9. The summed E-state index contributed by atoms with van der Waals surface area (Å²) in [5, 5.41) is 12.0. The second kappa shape index (κ2) is 8.62. The second-order valence-electron chi connectivity index (χ2n) is 5.66. The maximum absolute atomic E-state index is 12.2. The summed E-state index contributed by atoms with van der Waals surface area (Å²) in [5.41, 5.74) is 1.03. The molecule has 0 saturated heterocycles. The average molecular weight is 291 g/mol. The molecule has 1 fully saturated rings. The van der Waals surface area contributed by atoms with E-state index in [0.29, 0.717) is 13.1 Å². The highest BCUT2D eigenvalue weighted by Crippen LogP contribution is 2.27. The highest BCUT2D eigenvalue weighted by Gasteiger charge is 2.18. The van der Waals surface area contributed by atoms with Crippen molar-refractivity contribution < 1.29 is 9.90 Å². The van der Waals surface area contributed by atoms with E-state index in [-0.39, 0.29) is 12.6 Å². The van der Waals surface area contributed by atoms with Gasteiger partial charge in [0.1, 0.15) is 0 Å². The SMILES string of the molecule is O=C(NCc1ccncc1)N(CCO)CCC1CCCC1. The Hall–Kier alpha value is -1.62. The van der Waals surface area contributed by atoms with E-state index >= 15 is 0 Å². The summed E-state index contributed by atoms with van der Waals surface area (Å²) in [6.45, 7) is 1.63. The predicted octanol–water partition coefficient (Wildman–Crippen LogP) is 2.17. The lowest BCUT2D eigenvalue weighted by Crippen LogP contribution is -2.42. The van der Waals surface area contributed by atoms with Crippen LogP contribution in [0.25, 0.3) is 0 Å². The molecule has 0 spiro atoms. The Balaban J connectivity index is 1.77. The van der Waals surface area contributed by atoms with Crippen LogP contribution < -0.4 is 5.32 Å². The van der Waals surface area contributed by atoms with E-state index in [0.717, 1.165) is 24.4 Å². The summed E-state index contributed by atoms with van der Waals surface area (Å²) in [4.78, 5) is 17.9. The van der Waals surface area contributed by atoms with Gasteiger partial charge < -0.3 is 15.3 Å². The lowest BCUT2D eigenvalue weighted by atomic mass is 10.0. The first-order valence-corrected chi connectivity index (χ1v) is 7.82. The van der Waals surface area contributed by atoms with Crippen LogP contribution in [0, 0.1) is 5.92 Å². The van der Waals surface area contributed by atoms with Gasteiger partial charge in [-0.05, 0) is 30.0 Å². The van der Waals surface area contributed by atoms with Crippen LogP contribution in [-0.2, 0) is 6.54 Å². The van der Waals surface area contributed by atoms with Crippen LogP contribution >= 0.6 is 0 Å². The molecule has 0 aromatic carbocycles. The molecule has 0 atom stereocenters. The molecule has 1 aliphatic rings. The van der Waals surface area contributed by atoms with Crippen molar-refractivity contribution in [2.24, 2.45) is 5.92 Å². The van der Waals surface area contributed by atoms with Crippen LogP contribution in [0.15, 0.2) is 24.5 Å². The predicted molar refractivity (Wildman–Crippen MR) is 81.7 cm³/mol. The minimum absolute atomic E-state index is 0.00729. The third kappa shape index (κ3) is 5.34. The second-order valence-corrected chi connectivity index (χ2v) is 5.66. The van der Waals surface area contributed by atoms with Crippen molar-refractivity contribution in [3.8, 4) is 0 Å². The number of aliphatic hydroxyl groups excluding tert-OH is 1. The zero-order valence-electron chi connectivity index (χ0n) is 12.5. The third-order valence-corrected chi connectivity index (χ3v) is 4.13. The standard InChI is InChI=1S/C16H25N3O2/c20-12-11-19(10-7-14-3-1-2-4-14)16(21)18-13-15-5-8-17-9-6-15/h5-6,8-9,14,20H,1-4,7,10-13H2,(H,18,21). The molecule has 2 amide bonds. The molecule has 116 valence electrons. The molecule has 0 aliphatic heterocycles. The Labute approximate surface area is 126 Å². The van der Waals surface area contributed by atoms with Gasteiger partial charge in [-0.2, -0.15) is 0 Å². The molecule has 2 N–H and O–H groups in total. The number of nitrogens with zero attached hydrogens (tertiary/aromatic N) is 2. The summed E-state index contributed by atoms with van der Waals surface area (Å²) in [5.74, 6) is 0.749. The number of pyridine rings is 1. The molecule has 5 heteroatoms. The summed E-state index contributed by atoms with van der Waals surface area (Å²) < 4.78 is 0. The van der Waals surface area contributed by atoms with E-state index in [2.05, 4.69) is 10.3 Å². The Morgan fingerprint density at radius 2 is 2.00 bits per heavy atom. The number of hydrogen-bond donors (Lipinski definition) is 2. The summed E-state index contributed by atoms with van der Waals surface area (Å²) in [7, 11) is 0. The van der Waals surface area contributed by atoms with Gasteiger partial charge in [0.2, 0.25) is 0 Å². The fourth-order valence-electron chi connectivity index (χ4n) is 2.86. The monoisotopic (exact) mass is 291 g/mol. The van der Waals surface area contributed by atoms with Crippen molar-refractivity contribution in [3.63, 3.8) is 0 Å². The first-order chi connectivity index (χ1) is 10.3. The number of nitrogens with one attached hydrogen (secondary N) is 1. The van der Waals surface area contributed by atoms with E-state index in [9.17, 15) is 4.79 Å². The number of carbonyl (C=O) groups is 1. The number of hydrogen-bond acceptors (Lipinski definition) is 3. The fraction of sp³-hybridized carbons (Fsp3) is 0.625. The summed E-state index contributed by atoms with van der Waals surface area (Å²) in [6, 6.07) is 3.67. The molecule has 0 unspecified atom stereocenters. The normalized spacial score (nSPS) is 15.1. The highest BCUT2D eigenvalue weighted by molar-refractivity contribution is 5.74. The van der Waals surface area contributed by atoms with Crippen LogP contribution in [0.2, 0.25) is 0 Å². The average Bonchev–Trinajstić information content (AvgIpc) is 3.03. The molecule has 1 heterocycles. The number of carbonyl (C=O) groups excluding carboxylic acids is 1. The fourth-order valence-corrected chi connectivity index (χ4v) is 2.86. The number of urea groups is 1. The smallest absolute Gasteiger partial charge is 0.317 e. The third-order valence-electron chi connectivity index (χ3n) is 4.13. The Bertz CT molecular complexity index is 419. The molecule has 21 heavy (non-hydrogen) atoms. The molecule has 1 aromatic heterocycles. The van der Waals surface area contributed by atoms with Crippen LogP contribution in [-0.4, -0.2) is 40.7 Å². The lowest BCUT2D eigenvalue weighted by Gasteiger charge is -2.23. The maximum atomic E-state index is 12.2. The van der Waals surface area contributed by atoms with Gasteiger partial charge in [0, 0.05) is 32.0 Å². The van der Waals surface area contributed by atoms with Crippen LogP contribution in [0.3, 0.4) is 0 Å². The molecule has 5 nitrogen and oxygen atoms in total. The van der Waals surface area contributed by atoms with Crippen LogP contribution in [0.1, 0.15) is 37.7 Å². The van der Waals surface area contributed by atoms with Gasteiger partial charge in [-0.3, -0.25) is 4.98 Å². The van der Waals surface area contributed by atoms with Crippen LogP contribution in [0.5, 0.6) is 0 Å². The van der Waals surface area contributed by atoms with Gasteiger partial charge in [0.25, 0.3) is 0 Å². The van der Waals surface area contributed by atoms with Gasteiger partial charge in [-0.25, -0.2) is 4.79 Å². The molecule has 1 aromatic rings. The topological polar surface area (TPSA) is 65.5 Å². The van der Waals surface area contributed by atoms with Gasteiger partial charge in [-0.1, -0.05) is 25.7 Å². The van der Waals surface area contributed by atoms with E-state index in [1.165, 1.54) is 25.7 Å². The summed E-state index contributed by atoms with van der Waals surface area (Å²) in [6.07, 6.45) is 9.68. The molecule has 0 bridgehead atoms. The lowest BCUT2D eigenvalue weighted by molar-refractivity contribution is 0.172. The number of aliphatic hydroxyl groups is 1.